The first-order valence-electron chi connectivity index (χ1n) is 5.08. The molecule has 4 nitrogen and oxygen atoms in total. The molecule has 0 spiro atoms. The number of aromatic carboxylic acids is 1. The maximum absolute atomic E-state index is 10.6. The van der Waals surface area contributed by atoms with Gasteiger partial charge in [-0.15, -0.1) is 0 Å². The van der Waals surface area contributed by atoms with E-state index in [1.54, 1.807) is 0 Å². The molecule has 0 bridgehead atoms. The third-order valence-corrected chi connectivity index (χ3v) is 2.70. The lowest BCUT2D eigenvalue weighted by Crippen LogP contribution is -1.93. The van der Waals surface area contributed by atoms with E-state index >= 15 is 0 Å². The van der Waals surface area contributed by atoms with Crippen molar-refractivity contribution in [3.63, 3.8) is 0 Å². The molecule has 0 unspecified atom stereocenters. The molecule has 1 aromatic heterocycles. The summed E-state index contributed by atoms with van der Waals surface area (Å²) in [6.07, 6.45) is 2.40. The molecule has 0 aliphatic carbocycles. The Kier molecular flexibility index (Phi) is 3.44. The van der Waals surface area contributed by atoms with E-state index in [1.807, 2.05) is 24.3 Å². The molecule has 1 N–H and O–H groups in total. The van der Waals surface area contributed by atoms with Gasteiger partial charge in [-0.3, -0.25) is 0 Å². The van der Waals surface area contributed by atoms with Crippen LogP contribution in [0.2, 0.25) is 5.02 Å². The molecule has 2 rings (SSSR count). The van der Waals surface area contributed by atoms with Gasteiger partial charge >= 0.3 is 5.97 Å². The zero-order valence-corrected chi connectivity index (χ0v) is 9.65. The number of hydrogen-bond donors (Lipinski definition) is 1. The smallest absolute Gasteiger partial charge is 0.373 e. The molecule has 0 saturated carbocycles. The van der Waals surface area contributed by atoms with Gasteiger partial charge in [0, 0.05) is 11.4 Å². The summed E-state index contributed by atoms with van der Waals surface area (Å²) in [6.45, 7) is 0. The van der Waals surface area contributed by atoms with Crippen LogP contribution < -0.4 is 0 Å². The van der Waals surface area contributed by atoms with E-state index in [9.17, 15) is 4.79 Å². The first-order valence-corrected chi connectivity index (χ1v) is 5.46. The second-order valence-corrected chi connectivity index (χ2v) is 3.92. The Morgan fingerprint density at radius 1 is 1.35 bits per heavy atom. The van der Waals surface area contributed by atoms with Crippen LogP contribution in [0.1, 0.15) is 22.0 Å². The summed E-state index contributed by atoms with van der Waals surface area (Å²) in [5.41, 5.74) is 0.990. The fourth-order valence-electron chi connectivity index (χ4n) is 1.47. The minimum absolute atomic E-state index is 0.140. The van der Waals surface area contributed by atoms with Gasteiger partial charge in [0.2, 0.25) is 5.76 Å². The molecule has 0 saturated heterocycles. The third kappa shape index (κ3) is 2.85. The molecule has 0 amide bonds. The number of halogens is 1. The number of benzene rings is 1. The average molecular weight is 252 g/mol. The maximum Gasteiger partial charge on any atom is 0.373 e. The Labute approximate surface area is 103 Å². The lowest BCUT2D eigenvalue weighted by molar-refractivity contribution is 0.0660. The predicted octanol–water partition coefficient (Wildman–Crippen LogP) is 2.81. The van der Waals surface area contributed by atoms with E-state index in [0.717, 1.165) is 5.56 Å². The van der Waals surface area contributed by atoms with Crippen molar-refractivity contribution in [1.29, 1.82) is 0 Å². The van der Waals surface area contributed by atoms with Crippen LogP contribution in [0.5, 0.6) is 0 Å². The molecule has 0 fully saturated rings. The van der Waals surface area contributed by atoms with Gasteiger partial charge in [0.1, 0.15) is 0 Å². The third-order valence-electron chi connectivity index (χ3n) is 2.33. The summed E-state index contributed by atoms with van der Waals surface area (Å²) >= 11 is 6.00. The highest BCUT2D eigenvalue weighted by Gasteiger charge is 2.10. The number of rotatable bonds is 4. The standard InChI is InChI=1S/C12H10ClNO3/c13-9-4-2-1-3-8(9)5-6-11-14-7-10(17-11)12(15)16/h1-4,7H,5-6H2,(H,15,16). The van der Waals surface area contributed by atoms with Crippen LogP contribution in [0.3, 0.4) is 0 Å². The molecule has 1 heterocycles. The van der Waals surface area contributed by atoms with Crippen molar-refractivity contribution >= 4 is 17.6 Å². The normalized spacial score (nSPS) is 10.4. The minimum atomic E-state index is -1.11. The van der Waals surface area contributed by atoms with Gasteiger partial charge in [-0.2, -0.15) is 0 Å². The number of carboxylic acid groups (broad SMARTS) is 1. The molecule has 1 aromatic carbocycles. The number of aromatic nitrogens is 1. The molecule has 2 aromatic rings. The molecule has 0 aliphatic heterocycles. The molecular weight excluding hydrogens is 242 g/mol. The molecule has 17 heavy (non-hydrogen) atoms. The zero-order valence-electron chi connectivity index (χ0n) is 8.89. The van der Waals surface area contributed by atoms with Gasteiger partial charge in [-0.1, -0.05) is 29.8 Å². The minimum Gasteiger partial charge on any atom is -0.475 e. The molecule has 5 heteroatoms. The summed E-state index contributed by atoms with van der Waals surface area (Å²) in [5, 5.41) is 9.36. The Hall–Kier alpha value is -1.81. The Bertz CT molecular complexity index is 536. The molecule has 0 aliphatic rings. The molecule has 88 valence electrons. The van der Waals surface area contributed by atoms with Crippen LogP contribution in [-0.4, -0.2) is 16.1 Å². The summed E-state index contributed by atoms with van der Waals surface area (Å²) < 4.78 is 5.05. The van der Waals surface area contributed by atoms with Crippen molar-refractivity contribution in [3.8, 4) is 0 Å². The van der Waals surface area contributed by atoms with Crippen LogP contribution in [0, 0.1) is 0 Å². The number of oxazole rings is 1. The number of carbonyl (C=O) groups is 1. The quantitative estimate of drug-likeness (QED) is 0.908. The summed E-state index contributed by atoms with van der Waals surface area (Å²) in [4.78, 5) is 14.5. The molecule has 0 radical (unpaired) electrons. The number of carboxylic acids is 1. The van der Waals surface area contributed by atoms with E-state index in [4.69, 9.17) is 21.1 Å². The van der Waals surface area contributed by atoms with Crippen LogP contribution in [-0.2, 0) is 12.8 Å². The van der Waals surface area contributed by atoms with Gasteiger partial charge in [0.05, 0.1) is 6.20 Å². The Balaban J connectivity index is 2.02. The van der Waals surface area contributed by atoms with Crippen molar-refractivity contribution in [2.75, 3.05) is 0 Å². The molecule has 0 atom stereocenters. The van der Waals surface area contributed by atoms with Crippen molar-refractivity contribution in [3.05, 3.63) is 52.7 Å². The Morgan fingerprint density at radius 2 is 2.12 bits per heavy atom. The van der Waals surface area contributed by atoms with Crippen molar-refractivity contribution < 1.29 is 14.3 Å². The largest absolute Gasteiger partial charge is 0.475 e. The van der Waals surface area contributed by atoms with Gasteiger partial charge in [-0.25, -0.2) is 9.78 Å². The zero-order chi connectivity index (χ0) is 12.3. The van der Waals surface area contributed by atoms with Crippen molar-refractivity contribution in [1.82, 2.24) is 4.98 Å². The Morgan fingerprint density at radius 3 is 2.76 bits per heavy atom. The first-order chi connectivity index (χ1) is 8.16. The fourth-order valence-corrected chi connectivity index (χ4v) is 1.70. The van der Waals surface area contributed by atoms with Crippen LogP contribution in [0.4, 0.5) is 0 Å². The fraction of sp³-hybridized carbons (Fsp3) is 0.167. The van der Waals surface area contributed by atoms with E-state index < -0.39 is 5.97 Å². The highest BCUT2D eigenvalue weighted by atomic mass is 35.5. The highest BCUT2D eigenvalue weighted by Crippen LogP contribution is 2.17. The number of aryl methyl sites for hydroxylation is 2. The van der Waals surface area contributed by atoms with Crippen molar-refractivity contribution in [2.45, 2.75) is 12.8 Å². The lowest BCUT2D eigenvalue weighted by Gasteiger charge is -2.01. The summed E-state index contributed by atoms with van der Waals surface area (Å²) in [6, 6.07) is 7.50. The monoisotopic (exact) mass is 251 g/mol. The first kappa shape index (κ1) is 11.7. The van der Waals surface area contributed by atoms with E-state index in [1.165, 1.54) is 6.20 Å². The van der Waals surface area contributed by atoms with Crippen molar-refractivity contribution in [2.24, 2.45) is 0 Å². The number of hydrogen-bond acceptors (Lipinski definition) is 3. The van der Waals surface area contributed by atoms with E-state index in [0.29, 0.717) is 23.8 Å². The predicted molar refractivity (Wildman–Crippen MR) is 62.3 cm³/mol. The van der Waals surface area contributed by atoms with E-state index in [2.05, 4.69) is 4.98 Å². The summed E-state index contributed by atoms with van der Waals surface area (Å²) in [5.74, 6) is -0.844. The SMILES string of the molecule is O=C(O)c1cnc(CCc2ccccc2Cl)o1. The van der Waals surface area contributed by atoms with Crippen LogP contribution in [0.25, 0.3) is 0 Å². The second-order valence-electron chi connectivity index (χ2n) is 3.51. The van der Waals surface area contributed by atoms with E-state index in [-0.39, 0.29) is 5.76 Å². The van der Waals surface area contributed by atoms with Crippen LogP contribution in [0.15, 0.2) is 34.9 Å². The number of nitrogens with zero attached hydrogens (tertiary/aromatic N) is 1. The topological polar surface area (TPSA) is 63.3 Å². The lowest BCUT2D eigenvalue weighted by atomic mass is 10.1. The van der Waals surface area contributed by atoms with Gasteiger partial charge in [-0.05, 0) is 18.1 Å². The average Bonchev–Trinajstić information content (AvgIpc) is 2.77. The van der Waals surface area contributed by atoms with Gasteiger partial charge in [0.25, 0.3) is 0 Å². The van der Waals surface area contributed by atoms with Crippen LogP contribution >= 0.6 is 11.6 Å². The summed E-state index contributed by atoms with van der Waals surface area (Å²) in [7, 11) is 0. The molecular formula is C12H10ClNO3. The van der Waals surface area contributed by atoms with Gasteiger partial charge in [0.15, 0.2) is 5.89 Å². The second kappa shape index (κ2) is 5.01. The van der Waals surface area contributed by atoms with Gasteiger partial charge < -0.3 is 9.52 Å². The maximum atomic E-state index is 10.6. The highest BCUT2D eigenvalue weighted by molar-refractivity contribution is 6.31.